The quantitative estimate of drug-likeness (QED) is 0.627. The smallest absolute Gasteiger partial charge is 0.00154 e. The molecule has 0 radical (unpaired) electrons. The van der Waals surface area contributed by atoms with Crippen molar-refractivity contribution in [2.75, 3.05) is 13.1 Å². The Bertz CT molecular complexity index is 210. The zero-order valence-corrected chi connectivity index (χ0v) is 13.3. The van der Waals surface area contributed by atoms with E-state index in [0.717, 1.165) is 36.1 Å². The summed E-state index contributed by atoms with van der Waals surface area (Å²) in [6.07, 6.45) is 7.27. The Balaban J connectivity index is 2.46. The van der Waals surface area contributed by atoms with Gasteiger partial charge >= 0.3 is 0 Å². The Kier molecular flexibility index (Phi) is 7.29. The van der Waals surface area contributed by atoms with Crippen LogP contribution in [0.4, 0.5) is 0 Å². The fourth-order valence-electron chi connectivity index (χ4n) is 3.41. The minimum Gasteiger partial charge on any atom is -0.317 e. The average Bonchev–Trinajstić information content (AvgIpc) is 2.33. The number of nitrogens with one attached hydrogen (secondary N) is 1. The van der Waals surface area contributed by atoms with Crippen molar-refractivity contribution in [3.63, 3.8) is 0 Å². The van der Waals surface area contributed by atoms with Gasteiger partial charge in [-0.05, 0) is 49.1 Å². The monoisotopic (exact) mass is 253 g/mol. The summed E-state index contributed by atoms with van der Waals surface area (Å²) in [4.78, 5) is 0. The molecule has 1 rings (SSSR count). The van der Waals surface area contributed by atoms with Gasteiger partial charge in [-0.2, -0.15) is 0 Å². The minimum absolute atomic E-state index is 0.850. The van der Waals surface area contributed by atoms with Crippen LogP contribution in [0.2, 0.25) is 0 Å². The van der Waals surface area contributed by atoms with E-state index in [9.17, 15) is 0 Å². The van der Waals surface area contributed by atoms with Gasteiger partial charge in [-0.3, -0.25) is 0 Å². The van der Waals surface area contributed by atoms with Crippen LogP contribution in [0.15, 0.2) is 0 Å². The van der Waals surface area contributed by atoms with Crippen molar-refractivity contribution in [3.8, 4) is 0 Å². The van der Waals surface area contributed by atoms with E-state index in [4.69, 9.17) is 0 Å². The molecule has 1 aliphatic carbocycles. The molecule has 0 bridgehead atoms. The summed E-state index contributed by atoms with van der Waals surface area (Å²) in [5.41, 5.74) is 0. The molecular formula is C17H35N. The molecule has 4 atom stereocenters. The molecule has 1 N–H and O–H groups in total. The van der Waals surface area contributed by atoms with E-state index >= 15 is 0 Å². The molecule has 0 aromatic carbocycles. The van der Waals surface area contributed by atoms with E-state index in [0.29, 0.717) is 0 Å². The van der Waals surface area contributed by atoms with Crippen molar-refractivity contribution in [1.82, 2.24) is 5.32 Å². The molecule has 4 unspecified atom stereocenters. The van der Waals surface area contributed by atoms with Crippen LogP contribution < -0.4 is 5.32 Å². The van der Waals surface area contributed by atoms with Gasteiger partial charge in [0, 0.05) is 0 Å². The van der Waals surface area contributed by atoms with E-state index in [2.05, 4.69) is 39.9 Å². The van der Waals surface area contributed by atoms with Crippen molar-refractivity contribution >= 4 is 0 Å². The summed E-state index contributed by atoms with van der Waals surface area (Å²) in [6, 6.07) is 0. The lowest BCUT2D eigenvalue weighted by Crippen LogP contribution is -2.35. The molecule has 0 aliphatic heterocycles. The zero-order chi connectivity index (χ0) is 13.5. The van der Waals surface area contributed by atoms with Crippen LogP contribution in [-0.2, 0) is 0 Å². The highest BCUT2D eigenvalue weighted by atomic mass is 14.8. The molecule has 0 amide bonds. The van der Waals surface area contributed by atoms with Crippen LogP contribution in [0.25, 0.3) is 0 Å². The van der Waals surface area contributed by atoms with Gasteiger partial charge in [0.25, 0.3) is 0 Å². The van der Waals surface area contributed by atoms with E-state index in [-0.39, 0.29) is 0 Å². The van der Waals surface area contributed by atoms with Gasteiger partial charge in [0.2, 0.25) is 0 Å². The van der Waals surface area contributed by atoms with Crippen LogP contribution in [0.1, 0.15) is 66.7 Å². The first kappa shape index (κ1) is 16.0. The van der Waals surface area contributed by atoms with Crippen LogP contribution in [0.5, 0.6) is 0 Å². The molecule has 1 saturated carbocycles. The van der Waals surface area contributed by atoms with Crippen LogP contribution in [0.3, 0.4) is 0 Å². The maximum absolute atomic E-state index is 3.58. The Morgan fingerprint density at radius 2 is 1.72 bits per heavy atom. The third-order valence-corrected chi connectivity index (χ3v) is 5.51. The first-order valence-corrected chi connectivity index (χ1v) is 8.30. The third-order valence-electron chi connectivity index (χ3n) is 5.51. The molecule has 1 fully saturated rings. The fraction of sp³-hybridized carbons (Fsp3) is 1.00. The first-order chi connectivity index (χ1) is 8.60. The third kappa shape index (κ3) is 4.57. The predicted octanol–water partition coefficient (Wildman–Crippen LogP) is 4.72. The normalized spacial score (nSPS) is 23.2. The molecule has 0 aromatic rings. The van der Waals surface area contributed by atoms with Gasteiger partial charge in [-0.1, -0.05) is 60.3 Å². The van der Waals surface area contributed by atoms with Gasteiger partial charge in [0.05, 0.1) is 0 Å². The summed E-state index contributed by atoms with van der Waals surface area (Å²) >= 11 is 0. The second-order valence-electron chi connectivity index (χ2n) is 6.73. The maximum atomic E-state index is 3.58. The molecule has 1 aliphatic rings. The summed E-state index contributed by atoms with van der Waals surface area (Å²) in [6.45, 7) is 14.3. The van der Waals surface area contributed by atoms with Gasteiger partial charge < -0.3 is 5.32 Å². The summed E-state index contributed by atoms with van der Waals surface area (Å²) in [5.74, 6) is 4.51. The number of rotatable bonds is 9. The fourth-order valence-corrected chi connectivity index (χ4v) is 3.41. The average molecular weight is 253 g/mol. The molecular weight excluding hydrogens is 218 g/mol. The summed E-state index contributed by atoms with van der Waals surface area (Å²) in [5, 5.41) is 3.58. The van der Waals surface area contributed by atoms with E-state index in [1.807, 2.05) is 0 Å². The summed E-state index contributed by atoms with van der Waals surface area (Å²) < 4.78 is 0. The van der Waals surface area contributed by atoms with Gasteiger partial charge in [0.15, 0.2) is 0 Å². The molecule has 0 heterocycles. The van der Waals surface area contributed by atoms with E-state index in [1.165, 1.54) is 38.6 Å². The van der Waals surface area contributed by atoms with Crippen molar-refractivity contribution in [2.45, 2.75) is 66.7 Å². The summed E-state index contributed by atoms with van der Waals surface area (Å²) in [7, 11) is 0. The zero-order valence-electron chi connectivity index (χ0n) is 13.3. The largest absolute Gasteiger partial charge is 0.317 e. The van der Waals surface area contributed by atoms with Gasteiger partial charge in [-0.15, -0.1) is 0 Å². The lowest BCUT2D eigenvalue weighted by atomic mass is 9.70. The second-order valence-corrected chi connectivity index (χ2v) is 6.73. The highest BCUT2D eigenvalue weighted by molar-refractivity contribution is 4.80. The molecule has 108 valence electrons. The molecule has 18 heavy (non-hydrogen) atoms. The van der Waals surface area contributed by atoms with Crippen molar-refractivity contribution < 1.29 is 0 Å². The first-order valence-electron chi connectivity index (χ1n) is 8.30. The maximum Gasteiger partial charge on any atom is -0.00154 e. The predicted molar refractivity (Wildman–Crippen MR) is 81.8 cm³/mol. The highest BCUT2D eigenvalue weighted by Crippen LogP contribution is 2.37. The van der Waals surface area contributed by atoms with Gasteiger partial charge in [-0.25, -0.2) is 0 Å². The Labute approximate surface area is 115 Å². The molecule has 0 saturated heterocycles. The molecule has 1 heteroatoms. The Morgan fingerprint density at radius 1 is 1.06 bits per heavy atom. The SMILES string of the molecule is CCNCC(C(C)CC)C(C)C(C)CC1CCC1. The Morgan fingerprint density at radius 3 is 2.17 bits per heavy atom. The lowest BCUT2D eigenvalue weighted by molar-refractivity contribution is 0.146. The van der Waals surface area contributed by atoms with Crippen molar-refractivity contribution in [2.24, 2.45) is 29.6 Å². The number of hydrogen-bond donors (Lipinski definition) is 1. The van der Waals surface area contributed by atoms with Crippen LogP contribution in [-0.4, -0.2) is 13.1 Å². The minimum atomic E-state index is 0.850. The van der Waals surface area contributed by atoms with E-state index in [1.54, 1.807) is 0 Å². The second kappa shape index (κ2) is 8.19. The molecule has 1 nitrogen and oxygen atoms in total. The van der Waals surface area contributed by atoms with Crippen molar-refractivity contribution in [1.29, 1.82) is 0 Å². The molecule has 0 spiro atoms. The standard InChI is InChI=1S/C17H35N/c1-6-13(3)17(12-18-7-2)15(5)14(4)11-16-9-8-10-16/h13-18H,6-12H2,1-5H3. The topological polar surface area (TPSA) is 12.0 Å². The van der Waals surface area contributed by atoms with Crippen LogP contribution in [0, 0.1) is 29.6 Å². The van der Waals surface area contributed by atoms with E-state index < -0.39 is 0 Å². The highest BCUT2D eigenvalue weighted by Gasteiger charge is 2.29. The van der Waals surface area contributed by atoms with Crippen molar-refractivity contribution in [3.05, 3.63) is 0 Å². The lowest BCUT2D eigenvalue weighted by Gasteiger charge is -2.36. The van der Waals surface area contributed by atoms with Gasteiger partial charge in [0.1, 0.15) is 0 Å². The Hall–Kier alpha value is -0.0400. The molecule has 0 aromatic heterocycles. The van der Waals surface area contributed by atoms with Crippen LogP contribution >= 0.6 is 0 Å². The number of hydrogen-bond acceptors (Lipinski definition) is 1.